The van der Waals surface area contributed by atoms with Gasteiger partial charge >= 0.3 is 0 Å². The molecule has 1 aromatic carbocycles. The lowest BCUT2D eigenvalue weighted by Gasteiger charge is -2.19. The molecule has 0 aromatic heterocycles. The Balaban J connectivity index is 2.13. The molecule has 1 aliphatic carbocycles. The average Bonchev–Trinajstić information content (AvgIpc) is 2.60. The third-order valence-electron chi connectivity index (χ3n) is 4.77. The number of rotatable bonds is 6. The Hall–Kier alpha value is -2.49. The van der Waals surface area contributed by atoms with E-state index >= 15 is 0 Å². The van der Waals surface area contributed by atoms with Gasteiger partial charge in [-0.2, -0.15) is 0 Å². The van der Waals surface area contributed by atoms with Crippen molar-refractivity contribution in [1.29, 1.82) is 0 Å². The molecule has 138 valence electrons. The molecule has 1 N–H and O–H groups in total. The zero-order valence-corrected chi connectivity index (χ0v) is 16.2. The van der Waals surface area contributed by atoms with Crippen molar-refractivity contribution in [1.82, 2.24) is 5.32 Å². The minimum Gasteiger partial charge on any atom is -0.354 e. The van der Waals surface area contributed by atoms with Crippen LogP contribution >= 0.6 is 0 Å². The van der Waals surface area contributed by atoms with Gasteiger partial charge in [0.2, 0.25) is 5.91 Å². The molecule has 0 saturated carbocycles. The zero-order valence-electron chi connectivity index (χ0n) is 16.2. The summed E-state index contributed by atoms with van der Waals surface area (Å²) in [4.78, 5) is 36.7. The van der Waals surface area contributed by atoms with Crippen molar-refractivity contribution < 1.29 is 14.4 Å². The molecule has 4 heteroatoms. The third-order valence-corrected chi connectivity index (χ3v) is 4.77. The van der Waals surface area contributed by atoms with E-state index in [0.29, 0.717) is 41.6 Å². The third kappa shape index (κ3) is 4.57. The summed E-state index contributed by atoms with van der Waals surface area (Å²) < 4.78 is 0. The molecular weight excluding hydrogens is 326 g/mol. The van der Waals surface area contributed by atoms with Crippen molar-refractivity contribution in [3.05, 3.63) is 57.7 Å². The van der Waals surface area contributed by atoms with E-state index < -0.39 is 0 Å². The molecule has 26 heavy (non-hydrogen) atoms. The van der Waals surface area contributed by atoms with Crippen molar-refractivity contribution in [2.24, 2.45) is 0 Å². The predicted molar refractivity (Wildman–Crippen MR) is 103 cm³/mol. The second-order valence-corrected chi connectivity index (χ2v) is 7.23. The van der Waals surface area contributed by atoms with Gasteiger partial charge in [0.25, 0.3) is 0 Å². The highest BCUT2D eigenvalue weighted by molar-refractivity contribution is 6.24. The van der Waals surface area contributed by atoms with E-state index in [-0.39, 0.29) is 23.5 Å². The van der Waals surface area contributed by atoms with Crippen LogP contribution in [0.3, 0.4) is 0 Å². The largest absolute Gasteiger partial charge is 0.354 e. The Morgan fingerprint density at radius 2 is 1.58 bits per heavy atom. The maximum absolute atomic E-state index is 12.6. The average molecular weight is 353 g/mol. The van der Waals surface area contributed by atoms with Crippen molar-refractivity contribution in [2.75, 3.05) is 0 Å². The van der Waals surface area contributed by atoms with Crippen LogP contribution < -0.4 is 5.32 Å². The van der Waals surface area contributed by atoms with Crippen LogP contribution in [0.15, 0.2) is 46.6 Å². The highest BCUT2D eigenvalue weighted by Crippen LogP contribution is 2.26. The number of hydrogen-bond acceptors (Lipinski definition) is 3. The number of allylic oxidation sites excluding steroid dienone is 4. The summed E-state index contributed by atoms with van der Waals surface area (Å²) in [7, 11) is 0. The standard InChI is InChI=1S/C22H27NO3/c1-13(2)23-20(24)10-9-17-7-6-8-18(11-17)12-19-16(5)21(25)14(3)15(4)22(19)26/h6-8,11,13H,9-10,12H2,1-5H3,(H,23,24). The molecule has 2 rings (SSSR count). The fraction of sp³-hybridized carbons (Fsp3) is 0.409. The molecular formula is C22H27NO3. The van der Waals surface area contributed by atoms with E-state index in [9.17, 15) is 14.4 Å². The monoisotopic (exact) mass is 353 g/mol. The number of nitrogens with one attached hydrogen (secondary N) is 1. The predicted octanol–water partition coefficient (Wildman–Crippen LogP) is 3.49. The van der Waals surface area contributed by atoms with Gasteiger partial charge in [-0.15, -0.1) is 0 Å². The van der Waals surface area contributed by atoms with Crippen LogP contribution in [0.4, 0.5) is 0 Å². The molecule has 1 aliphatic rings. The van der Waals surface area contributed by atoms with E-state index in [1.165, 1.54) is 0 Å². The Bertz CT molecular complexity index is 812. The van der Waals surface area contributed by atoms with Gasteiger partial charge in [0.05, 0.1) is 0 Å². The van der Waals surface area contributed by atoms with Crippen LogP contribution in [-0.4, -0.2) is 23.5 Å². The molecule has 1 amide bonds. The Morgan fingerprint density at radius 1 is 0.962 bits per heavy atom. The van der Waals surface area contributed by atoms with Gasteiger partial charge in [-0.25, -0.2) is 0 Å². The Kier molecular flexibility index (Phi) is 6.30. The molecule has 0 unspecified atom stereocenters. The van der Waals surface area contributed by atoms with Crippen LogP contribution in [0.1, 0.15) is 52.2 Å². The normalized spacial score (nSPS) is 15.2. The first kappa shape index (κ1) is 19.8. The van der Waals surface area contributed by atoms with Crippen molar-refractivity contribution in [3.63, 3.8) is 0 Å². The molecule has 0 atom stereocenters. The van der Waals surface area contributed by atoms with Gasteiger partial charge in [-0.3, -0.25) is 14.4 Å². The van der Waals surface area contributed by atoms with Gasteiger partial charge in [0.15, 0.2) is 11.6 Å². The molecule has 1 aromatic rings. The van der Waals surface area contributed by atoms with Gasteiger partial charge in [-0.05, 0) is 52.2 Å². The van der Waals surface area contributed by atoms with Crippen LogP contribution in [0, 0.1) is 0 Å². The van der Waals surface area contributed by atoms with Crippen molar-refractivity contribution in [2.45, 2.75) is 59.9 Å². The quantitative estimate of drug-likeness (QED) is 0.796. The second-order valence-electron chi connectivity index (χ2n) is 7.23. The first-order valence-corrected chi connectivity index (χ1v) is 9.04. The van der Waals surface area contributed by atoms with Crippen molar-refractivity contribution >= 4 is 17.5 Å². The molecule has 0 radical (unpaired) electrons. The number of benzene rings is 1. The summed E-state index contributed by atoms with van der Waals surface area (Å²) >= 11 is 0. The SMILES string of the molecule is CC1=C(C)C(=O)C(Cc2cccc(CCC(=O)NC(C)C)c2)=C(C)C1=O. The van der Waals surface area contributed by atoms with Gasteiger partial charge in [0.1, 0.15) is 0 Å². The second kappa shape index (κ2) is 8.26. The summed E-state index contributed by atoms with van der Waals surface area (Å²) in [6.07, 6.45) is 1.52. The van der Waals surface area contributed by atoms with Crippen LogP contribution in [0.25, 0.3) is 0 Å². The number of carbonyl (C=O) groups excluding carboxylic acids is 3. The zero-order chi connectivity index (χ0) is 19.4. The number of ketones is 2. The van der Waals surface area contributed by atoms with Crippen LogP contribution in [0.5, 0.6) is 0 Å². The minimum absolute atomic E-state index is 0.0354. The molecule has 0 heterocycles. The maximum atomic E-state index is 12.6. The Labute approximate surface area is 155 Å². The van der Waals surface area contributed by atoms with Gasteiger partial charge in [-0.1, -0.05) is 24.3 Å². The topological polar surface area (TPSA) is 63.2 Å². The molecule has 0 fully saturated rings. The number of hydrogen-bond donors (Lipinski definition) is 1. The first-order chi connectivity index (χ1) is 12.2. The highest BCUT2D eigenvalue weighted by atomic mass is 16.2. The lowest BCUT2D eigenvalue weighted by Crippen LogP contribution is -2.30. The van der Waals surface area contributed by atoms with Gasteiger partial charge < -0.3 is 5.32 Å². The van der Waals surface area contributed by atoms with E-state index in [1.807, 2.05) is 38.1 Å². The van der Waals surface area contributed by atoms with E-state index in [0.717, 1.165) is 11.1 Å². The Morgan fingerprint density at radius 3 is 2.23 bits per heavy atom. The molecule has 0 aliphatic heterocycles. The minimum atomic E-state index is -0.0430. The summed E-state index contributed by atoms with van der Waals surface area (Å²) in [6, 6.07) is 8.02. The van der Waals surface area contributed by atoms with E-state index in [1.54, 1.807) is 20.8 Å². The highest BCUT2D eigenvalue weighted by Gasteiger charge is 2.27. The molecule has 0 spiro atoms. The smallest absolute Gasteiger partial charge is 0.220 e. The van der Waals surface area contributed by atoms with Crippen LogP contribution in [-0.2, 0) is 27.2 Å². The summed E-state index contributed by atoms with van der Waals surface area (Å²) in [5.74, 6) is -0.0480. The maximum Gasteiger partial charge on any atom is 0.220 e. The number of aryl methyl sites for hydroxylation is 1. The van der Waals surface area contributed by atoms with E-state index in [2.05, 4.69) is 5.32 Å². The lowest BCUT2D eigenvalue weighted by atomic mass is 9.83. The molecule has 0 bridgehead atoms. The molecule has 0 saturated heterocycles. The lowest BCUT2D eigenvalue weighted by molar-refractivity contribution is -0.121. The van der Waals surface area contributed by atoms with Gasteiger partial charge in [0, 0.05) is 41.2 Å². The van der Waals surface area contributed by atoms with Crippen molar-refractivity contribution in [3.8, 4) is 0 Å². The number of amides is 1. The summed E-state index contributed by atoms with van der Waals surface area (Å²) in [5.41, 5.74) is 4.23. The molecule has 4 nitrogen and oxygen atoms in total. The van der Waals surface area contributed by atoms with E-state index in [4.69, 9.17) is 0 Å². The van der Waals surface area contributed by atoms with Crippen LogP contribution in [0.2, 0.25) is 0 Å². The fourth-order valence-corrected chi connectivity index (χ4v) is 3.12. The first-order valence-electron chi connectivity index (χ1n) is 9.04. The summed E-state index contributed by atoms with van der Waals surface area (Å²) in [6.45, 7) is 9.03. The number of Topliss-reactive ketones (excluding diaryl/α,β-unsaturated/α-hetero) is 2. The number of carbonyl (C=O) groups is 3. The fourth-order valence-electron chi connectivity index (χ4n) is 3.12. The summed E-state index contributed by atoms with van der Waals surface area (Å²) in [5, 5.41) is 2.89.